The summed E-state index contributed by atoms with van der Waals surface area (Å²) in [4.78, 5) is 19.0. The SMILES string of the molecule is c1ccc2[nH]c(CN3CCC[C@@H](c4ccncn4)C3)nc2c1. The molecule has 3 aromatic rings. The third-order valence-corrected chi connectivity index (χ3v) is 4.34. The van der Waals surface area contributed by atoms with E-state index in [2.05, 4.69) is 37.0 Å². The Kier molecular flexibility index (Phi) is 3.56. The van der Waals surface area contributed by atoms with Gasteiger partial charge >= 0.3 is 0 Å². The quantitative estimate of drug-likeness (QED) is 0.806. The van der Waals surface area contributed by atoms with Gasteiger partial charge in [0.15, 0.2) is 0 Å². The minimum absolute atomic E-state index is 0.501. The van der Waals surface area contributed by atoms with Crippen molar-refractivity contribution in [2.75, 3.05) is 13.1 Å². The van der Waals surface area contributed by atoms with Crippen LogP contribution in [0.2, 0.25) is 0 Å². The van der Waals surface area contributed by atoms with E-state index in [0.29, 0.717) is 5.92 Å². The summed E-state index contributed by atoms with van der Waals surface area (Å²) in [6.07, 6.45) is 5.89. The van der Waals surface area contributed by atoms with Crippen molar-refractivity contribution in [1.29, 1.82) is 0 Å². The van der Waals surface area contributed by atoms with Gasteiger partial charge in [0.25, 0.3) is 0 Å². The van der Waals surface area contributed by atoms with Crippen molar-refractivity contribution in [3.05, 3.63) is 54.4 Å². The average molecular weight is 293 g/mol. The molecule has 4 rings (SSSR count). The summed E-state index contributed by atoms with van der Waals surface area (Å²) >= 11 is 0. The molecule has 3 heterocycles. The van der Waals surface area contributed by atoms with Gasteiger partial charge in [-0.1, -0.05) is 12.1 Å². The molecule has 5 heteroatoms. The highest BCUT2D eigenvalue weighted by molar-refractivity contribution is 5.74. The van der Waals surface area contributed by atoms with E-state index in [-0.39, 0.29) is 0 Å². The van der Waals surface area contributed by atoms with Gasteiger partial charge in [0, 0.05) is 24.4 Å². The number of rotatable bonds is 3. The monoisotopic (exact) mass is 293 g/mol. The Hall–Kier alpha value is -2.27. The Morgan fingerprint density at radius 1 is 1.23 bits per heavy atom. The predicted molar refractivity (Wildman–Crippen MR) is 85.4 cm³/mol. The second-order valence-corrected chi connectivity index (χ2v) is 5.91. The Morgan fingerprint density at radius 3 is 3.05 bits per heavy atom. The Labute approximate surface area is 129 Å². The second kappa shape index (κ2) is 5.85. The number of para-hydroxylation sites is 2. The molecule has 1 aromatic carbocycles. The van der Waals surface area contributed by atoms with E-state index in [0.717, 1.165) is 42.2 Å². The van der Waals surface area contributed by atoms with Crippen molar-refractivity contribution >= 4 is 11.0 Å². The lowest BCUT2D eigenvalue weighted by molar-refractivity contribution is 0.195. The molecule has 112 valence electrons. The molecule has 1 aliphatic rings. The first-order chi connectivity index (χ1) is 10.9. The molecule has 0 saturated carbocycles. The standard InChI is InChI=1S/C17H19N5/c1-2-6-16-15(5-1)20-17(21-16)11-22-9-3-4-13(10-22)14-7-8-18-12-19-14/h1-2,5-8,12-13H,3-4,9-11H2,(H,20,21)/t13-/m1/s1. The first-order valence-electron chi connectivity index (χ1n) is 7.80. The molecule has 1 atom stereocenters. The van der Waals surface area contributed by atoms with Crippen molar-refractivity contribution < 1.29 is 0 Å². The molecule has 0 amide bonds. The van der Waals surface area contributed by atoms with Crippen LogP contribution in [0.1, 0.15) is 30.3 Å². The van der Waals surface area contributed by atoms with Crippen LogP contribution >= 0.6 is 0 Å². The van der Waals surface area contributed by atoms with Crippen LogP contribution in [0.3, 0.4) is 0 Å². The summed E-state index contributed by atoms with van der Waals surface area (Å²) in [6, 6.07) is 10.2. The predicted octanol–water partition coefficient (Wildman–Crippen LogP) is 2.73. The topological polar surface area (TPSA) is 57.7 Å². The summed E-state index contributed by atoms with van der Waals surface area (Å²) in [5.74, 6) is 1.55. The third kappa shape index (κ3) is 2.72. The van der Waals surface area contributed by atoms with Gasteiger partial charge in [-0.3, -0.25) is 4.90 Å². The molecule has 1 saturated heterocycles. The largest absolute Gasteiger partial charge is 0.341 e. The maximum Gasteiger partial charge on any atom is 0.121 e. The number of benzene rings is 1. The summed E-state index contributed by atoms with van der Waals surface area (Å²) in [7, 11) is 0. The van der Waals surface area contributed by atoms with Gasteiger partial charge in [0.1, 0.15) is 12.2 Å². The number of fused-ring (bicyclic) bond motifs is 1. The number of hydrogen-bond acceptors (Lipinski definition) is 4. The first-order valence-corrected chi connectivity index (χ1v) is 7.80. The van der Waals surface area contributed by atoms with Crippen LogP contribution in [0.4, 0.5) is 0 Å². The van der Waals surface area contributed by atoms with Gasteiger partial charge < -0.3 is 4.98 Å². The molecular weight excluding hydrogens is 274 g/mol. The van der Waals surface area contributed by atoms with Crippen LogP contribution in [0, 0.1) is 0 Å². The van der Waals surface area contributed by atoms with Gasteiger partial charge in [0.05, 0.1) is 17.6 Å². The van der Waals surface area contributed by atoms with Crippen molar-refractivity contribution in [1.82, 2.24) is 24.8 Å². The minimum Gasteiger partial charge on any atom is -0.341 e. The lowest BCUT2D eigenvalue weighted by atomic mass is 9.94. The van der Waals surface area contributed by atoms with Crippen LogP contribution in [0.5, 0.6) is 0 Å². The zero-order chi connectivity index (χ0) is 14.8. The van der Waals surface area contributed by atoms with E-state index in [9.17, 15) is 0 Å². The fraction of sp³-hybridized carbons (Fsp3) is 0.353. The Morgan fingerprint density at radius 2 is 2.18 bits per heavy atom. The van der Waals surface area contributed by atoms with Crippen molar-refractivity contribution in [2.45, 2.75) is 25.3 Å². The molecule has 5 nitrogen and oxygen atoms in total. The molecule has 0 radical (unpaired) electrons. The number of nitrogens with one attached hydrogen (secondary N) is 1. The van der Waals surface area contributed by atoms with Crippen LogP contribution in [-0.2, 0) is 6.54 Å². The maximum atomic E-state index is 4.68. The first kappa shape index (κ1) is 13.4. The fourth-order valence-electron chi connectivity index (χ4n) is 3.28. The minimum atomic E-state index is 0.501. The summed E-state index contributed by atoms with van der Waals surface area (Å²) in [6.45, 7) is 3.03. The zero-order valence-electron chi connectivity index (χ0n) is 12.4. The molecule has 0 spiro atoms. The van der Waals surface area contributed by atoms with Crippen LogP contribution in [-0.4, -0.2) is 37.9 Å². The molecule has 0 bridgehead atoms. The van der Waals surface area contributed by atoms with Crippen LogP contribution in [0.15, 0.2) is 42.9 Å². The van der Waals surface area contributed by atoms with E-state index in [1.54, 1.807) is 6.33 Å². The number of piperidine rings is 1. The summed E-state index contributed by atoms with van der Waals surface area (Å²) < 4.78 is 0. The second-order valence-electron chi connectivity index (χ2n) is 5.91. The lowest BCUT2D eigenvalue weighted by Crippen LogP contribution is -2.34. The highest BCUT2D eigenvalue weighted by atomic mass is 15.2. The van der Waals surface area contributed by atoms with E-state index in [1.807, 2.05) is 24.4 Å². The molecule has 0 unspecified atom stereocenters. The zero-order valence-corrected chi connectivity index (χ0v) is 12.4. The van der Waals surface area contributed by atoms with Crippen LogP contribution in [0.25, 0.3) is 11.0 Å². The van der Waals surface area contributed by atoms with E-state index in [4.69, 9.17) is 0 Å². The number of nitrogens with zero attached hydrogens (tertiary/aromatic N) is 4. The van der Waals surface area contributed by atoms with Gasteiger partial charge in [-0.25, -0.2) is 15.0 Å². The number of aromatic nitrogens is 4. The Bertz CT molecular complexity index is 719. The van der Waals surface area contributed by atoms with Gasteiger partial charge in [0.2, 0.25) is 0 Å². The average Bonchev–Trinajstić information content (AvgIpc) is 2.98. The number of H-pyrrole nitrogens is 1. The van der Waals surface area contributed by atoms with Gasteiger partial charge in [-0.2, -0.15) is 0 Å². The molecule has 22 heavy (non-hydrogen) atoms. The van der Waals surface area contributed by atoms with Crippen molar-refractivity contribution in [3.8, 4) is 0 Å². The molecule has 1 N–H and O–H groups in total. The molecular formula is C17H19N5. The molecule has 1 aliphatic heterocycles. The Balaban J connectivity index is 1.48. The van der Waals surface area contributed by atoms with Gasteiger partial charge in [-0.15, -0.1) is 0 Å². The summed E-state index contributed by atoms with van der Waals surface area (Å²) in [5, 5.41) is 0. The number of likely N-dealkylation sites (tertiary alicyclic amines) is 1. The molecule has 0 aliphatic carbocycles. The smallest absolute Gasteiger partial charge is 0.121 e. The normalized spacial score (nSPS) is 19.5. The highest BCUT2D eigenvalue weighted by Gasteiger charge is 2.22. The maximum absolute atomic E-state index is 4.68. The number of imidazole rings is 1. The van der Waals surface area contributed by atoms with E-state index in [1.165, 1.54) is 12.8 Å². The third-order valence-electron chi connectivity index (χ3n) is 4.34. The molecule has 1 fully saturated rings. The fourth-order valence-corrected chi connectivity index (χ4v) is 3.28. The van der Waals surface area contributed by atoms with E-state index >= 15 is 0 Å². The summed E-state index contributed by atoms with van der Waals surface area (Å²) in [5.41, 5.74) is 3.31. The lowest BCUT2D eigenvalue weighted by Gasteiger charge is -2.31. The number of hydrogen-bond donors (Lipinski definition) is 1. The highest BCUT2D eigenvalue weighted by Crippen LogP contribution is 2.26. The number of aromatic amines is 1. The van der Waals surface area contributed by atoms with Crippen molar-refractivity contribution in [3.63, 3.8) is 0 Å². The van der Waals surface area contributed by atoms with E-state index < -0.39 is 0 Å². The van der Waals surface area contributed by atoms with Crippen molar-refractivity contribution in [2.24, 2.45) is 0 Å². The van der Waals surface area contributed by atoms with Gasteiger partial charge in [-0.05, 0) is 37.6 Å². The van der Waals surface area contributed by atoms with Crippen LogP contribution < -0.4 is 0 Å². The molecule has 2 aromatic heterocycles.